The van der Waals surface area contributed by atoms with Gasteiger partial charge >= 0.3 is 0 Å². The van der Waals surface area contributed by atoms with E-state index < -0.39 is 0 Å². The summed E-state index contributed by atoms with van der Waals surface area (Å²) in [6, 6.07) is 11.3. The van der Waals surface area contributed by atoms with Gasteiger partial charge in [-0.3, -0.25) is 4.79 Å². The lowest BCUT2D eigenvalue weighted by Crippen LogP contribution is -2.16. The Hall–Kier alpha value is -2.76. The van der Waals surface area contributed by atoms with Crippen molar-refractivity contribution in [2.75, 3.05) is 31.4 Å². The Balaban J connectivity index is 1.89. The highest BCUT2D eigenvalue weighted by Crippen LogP contribution is 2.28. The lowest BCUT2D eigenvalue weighted by atomic mass is 10.2. The quantitative estimate of drug-likeness (QED) is 0.822. The van der Waals surface area contributed by atoms with Gasteiger partial charge in [0.2, 0.25) is 5.91 Å². The molecule has 0 saturated heterocycles. The number of nitrogens with one attached hydrogen (secondary N) is 2. The second-order valence-electron chi connectivity index (χ2n) is 4.80. The van der Waals surface area contributed by atoms with E-state index in [1.165, 1.54) is 19.2 Å². The number of hydrogen-bond acceptors (Lipinski definition) is 4. The second-order valence-corrected chi connectivity index (χ2v) is 4.80. The summed E-state index contributed by atoms with van der Waals surface area (Å²) in [7, 11) is 3.08. The van der Waals surface area contributed by atoms with Crippen molar-refractivity contribution in [1.29, 1.82) is 0 Å². The summed E-state index contributed by atoms with van der Waals surface area (Å²) in [6.45, 7) is 0.390. The Kier molecular flexibility index (Phi) is 5.80. The zero-order chi connectivity index (χ0) is 16.7. The first kappa shape index (κ1) is 16.6. The van der Waals surface area contributed by atoms with E-state index in [9.17, 15) is 9.18 Å². The Morgan fingerprint density at radius 1 is 1.13 bits per heavy atom. The molecule has 122 valence electrons. The van der Waals surface area contributed by atoms with Crippen LogP contribution in [0.3, 0.4) is 0 Å². The fourth-order valence-electron chi connectivity index (χ4n) is 2.04. The van der Waals surface area contributed by atoms with E-state index in [1.54, 1.807) is 37.4 Å². The summed E-state index contributed by atoms with van der Waals surface area (Å²) in [5.41, 5.74) is 1.18. The van der Waals surface area contributed by atoms with Crippen molar-refractivity contribution < 1.29 is 18.7 Å². The lowest BCUT2D eigenvalue weighted by Gasteiger charge is -2.12. The number of anilines is 2. The molecule has 1 amide bonds. The Morgan fingerprint density at radius 3 is 2.65 bits per heavy atom. The molecule has 0 aromatic heterocycles. The topological polar surface area (TPSA) is 59.6 Å². The SMILES string of the molecule is COc1ccc(OC)c(NC(=O)CCNc2cccc(F)c2)c1. The third-order valence-electron chi connectivity index (χ3n) is 3.19. The van der Waals surface area contributed by atoms with Gasteiger partial charge in [-0.25, -0.2) is 4.39 Å². The monoisotopic (exact) mass is 318 g/mol. The Labute approximate surface area is 134 Å². The van der Waals surface area contributed by atoms with Crippen molar-refractivity contribution >= 4 is 17.3 Å². The van der Waals surface area contributed by atoms with Gasteiger partial charge in [0.05, 0.1) is 19.9 Å². The molecule has 0 spiro atoms. The van der Waals surface area contributed by atoms with Crippen molar-refractivity contribution in [2.24, 2.45) is 0 Å². The van der Waals surface area contributed by atoms with Crippen molar-refractivity contribution in [2.45, 2.75) is 6.42 Å². The van der Waals surface area contributed by atoms with Crippen molar-refractivity contribution in [3.05, 3.63) is 48.3 Å². The Bertz CT molecular complexity index is 677. The highest BCUT2D eigenvalue weighted by Gasteiger charge is 2.09. The van der Waals surface area contributed by atoms with Crippen LogP contribution in [0.25, 0.3) is 0 Å². The van der Waals surface area contributed by atoms with Gasteiger partial charge in [-0.05, 0) is 30.3 Å². The van der Waals surface area contributed by atoms with E-state index in [1.807, 2.05) is 0 Å². The average Bonchev–Trinajstić information content (AvgIpc) is 2.55. The maximum atomic E-state index is 13.1. The van der Waals surface area contributed by atoms with Crippen LogP contribution in [0.2, 0.25) is 0 Å². The molecule has 5 nitrogen and oxygen atoms in total. The molecule has 0 radical (unpaired) electrons. The minimum Gasteiger partial charge on any atom is -0.497 e. The van der Waals surface area contributed by atoms with Gasteiger partial charge in [0, 0.05) is 24.7 Å². The highest BCUT2D eigenvalue weighted by atomic mass is 19.1. The number of carbonyl (C=O) groups is 1. The summed E-state index contributed by atoms with van der Waals surface area (Å²) in [6.07, 6.45) is 0.233. The van der Waals surface area contributed by atoms with Gasteiger partial charge in [-0.15, -0.1) is 0 Å². The van der Waals surface area contributed by atoms with Crippen molar-refractivity contribution in [3.8, 4) is 11.5 Å². The molecule has 0 heterocycles. The molecule has 0 aliphatic carbocycles. The number of halogens is 1. The average molecular weight is 318 g/mol. The summed E-state index contributed by atoms with van der Waals surface area (Å²) in [4.78, 5) is 12.0. The highest BCUT2D eigenvalue weighted by molar-refractivity contribution is 5.92. The molecule has 2 rings (SSSR count). The van der Waals surface area contributed by atoms with Crippen LogP contribution in [0.15, 0.2) is 42.5 Å². The molecule has 0 fully saturated rings. The zero-order valence-corrected chi connectivity index (χ0v) is 13.1. The van der Waals surface area contributed by atoms with Gasteiger partial charge in [0.1, 0.15) is 17.3 Å². The van der Waals surface area contributed by atoms with Gasteiger partial charge < -0.3 is 20.1 Å². The van der Waals surface area contributed by atoms with Crippen LogP contribution in [-0.4, -0.2) is 26.7 Å². The van der Waals surface area contributed by atoms with E-state index in [-0.39, 0.29) is 18.1 Å². The Morgan fingerprint density at radius 2 is 1.96 bits per heavy atom. The smallest absolute Gasteiger partial charge is 0.226 e. The largest absolute Gasteiger partial charge is 0.497 e. The molecule has 23 heavy (non-hydrogen) atoms. The number of carbonyl (C=O) groups excluding carboxylic acids is 1. The number of benzene rings is 2. The number of hydrogen-bond donors (Lipinski definition) is 2. The zero-order valence-electron chi connectivity index (χ0n) is 13.1. The number of methoxy groups -OCH3 is 2. The van der Waals surface area contributed by atoms with Crippen LogP contribution in [0.1, 0.15) is 6.42 Å². The van der Waals surface area contributed by atoms with Crippen LogP contribution < -0.4 is 20.1 Å². The van der Waals surface area contributed by atoms with Gasteiger partial charge in [-0.2, -0.15) is 0 Å². The fourth-order valence-corrected chi connectivity index (χ4v) is 2.04. The van der Waals surface area contributed by atoms with Crippen LogP contribution >= 0.6 is 0 Å². The predicted molar refractivity (Wildman–Crippen MR) is 87.7 cm³/mol. The minimum atomic E-state index is -0.319. The molecule has 6 heteroatoms. The molecule has 2 N–H and O–H groups in total. The fraction of sp³-hybridized carbons (Fsp3) is 0.235. The first-order chi connectivity index (χ1) is 11.1. The van der Waals surface area contributed by atoms with Crippen LogP contribution in [-0.2, 0) is 4.79 Å². The molecule has 0 unspecified atom stereocenters. The molecular formula is C17H19FN2O3. The maximum absolute atomic E-state index is 13.1. The number of amides is 1. The molecule has 2 aromatic carbocycles. The molecule has 0 aliphatic heterocycles. The summed E-state index contributed by atoms with van der Waals surface area (Å²) in [5, 5.41) is 5.77. The lowest BCUT2D eigenvalue weighted by molar-refractivity contribution is -0.115. The van der Waals surface area contributed by atoms with Crippen molar-refractivity contribution in [3.63, 3.8) is 0 Å². The first-order valence-corrected chi connectivity index (χ1v) is 7.13. The van der Waals surface area contributed by atoms with Crippen LogP contribution in [0.4, 0.5) is 15.8 Å². The molecule has 0 saturated carbocycles. The van der Waals surface area contributed by atoms with Gasteiger partial charge in [0.15, 0.2) is 0 Å². The summed E-state index contributed by atoms with van der Waals surface area (Å²) in [5.74, 6) is 0.678. The van der Waals surface area contributed by atoms with E-state index in [4.69, 9.17) is 9.47 Å². The second kappa shape index (κ2) is 8.03. The standard InChI is InChI=1S/C17H19FN2O3/c1-22-14-6-7-16(23-2)15(11-14)20-17(21)8-9-19-13-5-3-4-12(18)10-13/h3-7,10-11,19H,8-9H2,1-2H3,(H,20,21). The third-order valence-corrected chi connectivity index (χ3v) is 3.19. The van der Waals surface area contributed by atoms with Gasteiger partial charge in [-0.1, -0.05) is 6.07 Å². The van der Waals surface area contributed by atoms with Crippen molar-refractivity contribution in [1.82, 2.24) is 0 Å². The van der Waals surface area contributed by atoms with Gasteiger partial charge in [0.25, 0.3) is 0 Å². The van der Waals surface area contributed by atoms with E-state index in [0.717, 1.165) is 0 Å². The van der Waals surface area contributed by atoms with Crippen LogP contribution in [0, 0.1) is 5.82 Å². The molecule has 0 aliphatic rings. The molecule has 0 atom stereocenters. The normalized spacial score (nSPS) is 10.0. The first-order valence-electron chi connectivity index (χ1n) is 7.13. The van der Waals surface area contributed by atoms with E-state index in [0.29, 0.717) is 29.4 Å². The maximum Gasteiger partial charge on any atom is 0.226 e. The van der Waals surface area contributed by atoms with E-state index in [2.05, 4.69) is 10.6 Å². The van der Waals surface area contributed by atoms with E-state index >= 15 is 0 Å². The predicted octanol–water partition coefficient (Wildman–Crippen LogP) is 3.28. The molecular weight excluding hydrogens is 299 g/mol. The summed E-state index contributed by atoms with van der Waals surface area (Å²) < 4.78 is 23.4. The molecule has 0 bridgehead atoms. The number of rotatable bonds is 7. The minimum absolute atomic E-state index is 0.180. The third kappa shape index (κ3) is 4.88. The molecule has 2 aromatic rings. The summed E-state index contributed by atoms with van der Waals surface area (Å²) >= 11 is 0. The number of ether oxygens (including phenoxy) is 2. The van der Waals surface area contributed by atoms with Crippen LogP contribution in [0.5, 0.6) is 11.5 Å².